The Morgan fingerprint density at radius 1 is 1.26 bits per heavy atom. The zero-order valence-corrected chi connectivity index (χ0v) is 12.7. The molecule has 0 spiro atoms. The maximum absolute atomic E-state index is 5.75. The Morgan fingerprint density at radius 3 is 2.47 bits per heavy atom. The summed E-state index contributed by atoms with van der Waals surface area (Å²) in [4.78, 5) is 4.99. The molecule has 1 heterocycles. The van der Waals surface area contributed by atoms with Gasteiger partial charge in [-0.2, -0.15) is 0 Å². The van der Waals surface area contributed by atoms with Gasteiger partial charge >= 0.3 is 0 Å². The number of hydrogen-bond donors (Lipinski definition) is 1. The van der Waals surface area contributed by atoms with Crippen molar-refractivity contribution in [3.8, 4) is 0 Å². The summed E-state index contributed by atoms with van der Waals surface area (Å²) in [6.45, 7) is 9.67. The first-order chi connectivity index (χ1) is 8.94. The van der Waals surface area contributed by atoms with Crippen LogP contribution >= 0.6 is 0 Å². The molecule has 2 rings (SSSR count). The number of nitrogens with two attached hydrogens (primary N) is 1. The van der Waals surface area contributed by atoms with Crippen molar-refractivity contribution in [3.05, 3.63) is 29.8 Å². The lowest BCUT2D eigenvalue weighted by atomic mass is 9.93. The molecule has 0 saturated carbocycles. The van der Waals surface area contributed by atoms with Crippen LogP contribution in [0.5, 0.6) is 0 Å². The molecular weight excluding hydrogens is 234 g/mol. The first kappa shape index (κ1) is 14.4. The number of likely N-dealkylation sites (N-methyl/N-ethyl adjacent to an activating group) is 1. The summed E-state index contributed by atoms with van der Waals surface area (Å²) in [6.07, 6.45) is 1.06. The molecule has 0 aliphatic carbocycles. The Labute approximate surface area is 117 Å². The van der Waals surface area contributed by atoms with E-state index in [0.717, 1.165) is 26.1 Å². The highest BCUT2D eigenvalue weighted by molar-refractivity contribution is 5.50. The van der Waals surface area contributed by atoms with Crippen molar-refractivity contribution in [1.29, 1.82) is 0 Å². The Bertz CT molecular complexity index is 411. The molecule has 1 unspecified atom stereocenters. The average molecular weight is 261 g/mol. The molecule has 0 amide bonds. The first-order valence-corrected chi connectivity index (χ1v) is 7.18. The fourth-order valence-corrected chi connectivity index (χ4v) is 3.11. The topological polar surface area (TPSA) is 32.5 Å². The molecule has 1 saturated heterocycles. The van der Waals surface area contributed by atoms with Crippen molar-refractivity contribution in [2.24, 2.45) is 5.73 Å². The highest BCUT2D eigenvalue weighted by atomic mass is 15.3. The minimum Gasteiger partial charge on any atom is -0.364 e. The van der Waals surface area contributed by atoms with E-state index in [2.05, 4.69) is 61.9 Å². The summed E-state index contributed by atoms with van der Waals surface area (Å²) in [6, 6.07) is 9.42. The van der Waals surface area contributed by atoms with Gasteiger partial charge in [0.2, 0.25) is 0 Å². The fourth-order valence-electron chi connectivity index (χ4n) is 3.11. The standard InChI is InChI=1S/C16H27N3/c1-13-5-7-14(8-6-13)19-11-15(9-10-17)18(4)12-16(19,2)3/h5-8,15H,9-12,17H2,1-4H3. The van der Waals surface area contributed by atoms with Gasteiger partial charge in [0.1, 0.15) is 0 Å². The van der Waals surface area contributed by atoms with Crippen LogP contribution in [0.4, 0.5) is 5.69 Å². The van der Waals surface area contributed by atoms with E-state index in [-0.39, 0.29) is 5.54 Å². The Morgan fingerprint density at radius 2 is 1.89 bits per heavy atom. The molecule has 1 aromatic carbocycles. The molecule has 3 nitrogen and oxygen atoms in total. The molecule has 3 heteroatoms. The zero-order chi connectivity index (χ0) is 14.0. The second kappa shape index (κ2) is 5.51. The van der Waals surface area contributed by atoms with Crippen LogP contribution in [0.1, 0.15) is 25.8 Å². The maximum Gasteiger partial charge on any atom is 0.0473 e. The number of anilines is 1. The van der Waals surface area contributed by atoms with Gasteiger partial charge < -0.3 is 10.6 Å². The molecule has 106 valence electrons. The van der Waals surface area contributed by atoms with Gasteiger partial charge in [-0.3, -0.25) is 4.90 Å². The van der Waals surface area contributed by atoms with E-state index in [4.69, 9.17) is 5.73 Å². The third-order valence-electron chi connectivity index (χ3n) is 4.23. The molecule has 0 bridgehead atoms. The molecule has 2 N–H and O–H groups in total. The second-order valence-electron chi connectivity index (χ2n) is 6.40. The minimum absolute atomic E-state index is 0.162. The largest absolute Gasteiger partial charge is 0.364 e. The summed E-state index contributed by atoms with van der Waals surface area (Å²) >= 11 is 0. The third-order valence-corrected chi connectivity index (χ3v) is 4.23. The Balaban J connectivity index is 2.23. The van der Waals surface area contributed by atoms with Crippen LogP contribution in [0.3, 0.4) is 0 Å². The molecule has 0 radical (unpaired) electrons. The summed E-state index contributed by atoms with van der Waals surface area (Å²) in [7, 11) is 2.22. The molecule has 1 aliphatic rings. The van der Waals surface area contributed by atoms with Gasteiger partial charge in [0.25, 0.3) is 0 Å². The lowest BCUT2D eigenvalue weighted by Gasteiger charge is -2.51. The van der Waals surface area contributed by atoms with E-state index in [1.165, 1.54) is 11.3 Å². The number of nitrogens with zero attached hydrogens (tertiary/aromatic N) is 2. The van der Waals surface area contributed by atoms with Crippen LogP contribution in [-0.2, 0) is 0 Å². The van der Waals surface area contributed by atoms with E-state index < -0.39 is 0 Å². The lowest BCUT2D eigenvalue weighted by Crippen LogP contribution is -2.62. The van der Waals surface area contributed by atoms with Crippen LogP contribution in [0.25, 0.3) is 0 Å². The summed E-state index contributed by atoms with van der Waals surface area (Å²) in [5.74, 6) is 0. The van der Waals surface area contributed by atoms with Crippen molar-refractivity contribution in [1.82, 2.24) is 4.90 Å². The predicted molar refractivity (Wildman–Crippen MR) is 82.7 cm³/mol. The Hall–Kier alpha value is -1.06. The zero-order valence-electron chi connectivity index (χ0n) is 12.7. The van der Waals surface area contributed by atoms with Crippen LogP contribution in [0, 0.1) is 6.92 Å². The molecule has 1 fully saturated rings. The number of aryl methyl sites for hydroxylation is 1. The van der Waals surface area contributed by atoms with E-state index in [9.17, 15) is 0 Å². The van der Waals surface area contributed by atoms with Gasteiger partial charge in [0.15, 0.2) is 0 Å². The molecule has 0 aromatic heterocycles. The smallest absolute Gasteiger partial charge is 0.0473 e. The molecular formula is C16H27N3. The highest BCUT2D eigenvalue weighted by Gasteiger charge is 2.36. The minimum atomic E-state index is 0.162. The van der Waals surface area contributed by atoms with Gasteiger partial charge in [0, 0.05) is 30.4 Å². The summed E-state index contributed by atoms with van der Waals surface area (Å²) < 4.78 is 0. The number of rotatable bonds is 3. The SMILES string of the molecule is Cc1ccc(N2CC(CCN)N(C)CC2(C)C)cc1. The van der Waals surface area contributed by atoms with Crippen molar-refractivity contribution >= 4 is 5.69 Å². The van der Waals surface area contributed by atoms with Gasteiger partial charge in [-0.1, -0.05) is 17.7 Å². The monoisotopic (exact) mass is 261 g/mol. The van der Waals surface area contributed by atoms with E-state index >= 15 is 0 Å². The van der Waals surface area contributed by atoms with Crippen molar-refractivity contribution in [2.75, 3.05) is 31.6 Å². The Kier molecular flexibility index (Phi) is 4.16. The quantitative estimate of drug-likeness (QED) is 0.906. The number of benzene rings is 1. The van der Waals surface area contributed by atoms with Crippen LogP contribution in [-0.4, -0.2) is 43.2 Å². The third kappa shape index (κ3) is 3.10. The summed E-state index contributed by atoms with van der Waals surface area (Å²) in [5, 5.41) is 0. The van der Waals surface area contributed by atoms with Crippen molar-refractivity contribution in [3.63, 3.8) is 0 Å². The average Bonchev–Trinajstić information content (AvgIpc) is 2.33. The van der Waals surface area contributed by atoms with Crippen LogP contribution < -0.4 is 10.6 Å². The van der Waals surface area contributed by atoms with Crippen LogP contribution in [0.2, 0.25) is 0 Å². The first-order valence-electron chi connectivity index (χ1n) is 7.18. The highest BCUT2D eigenvalue weighted by Crippen LogP contribution is 2.30. The normalized spacial score (nSPS) is 23.6. The maximum atomic E-state index is 5.75. The van der Waals surface area contributed by atoms with Crippen molar-refractivity contribution < 1.29 is 0 Å². The number of piperazine rings is 1. The predicted octanol–water partition coefficient (Wildman–Crippen LogP) is 2.24. The van der Waals surface area contributed by atoms with Gasteiger partial charge in [0.05, 0.1) is 0 Å². The second-order valence-corrected chi connectivity index (χ2v) is 6.40. The van der Waals surface area contributed by atoms with E-state index in [1.807, 2.05) is 0 Å². The molecule has 1 aliphatic heterocycles. The van der Waals surface area contributed by atoms with E-state index in [0.29, 0.717) is 6.04 Å². The van der Waals surface area contributed by atoms with Gasteiger partial charge in [-0.25, -0.2) is 0 Å². The van der Waals surface area contributed by atoms with Crippen LogP contribution in [0.15, 0.2) is 24.3 Å². The lowest BCUT2D eigenvalue weighted by molar-refractivity contribution is 0.146. The molecule has 1 aromatic rings. The van der Waals surface area contributed by atoms with E-state index in [1.54, 1.807) is 0 Å². The number of hydrogen-bond acceptors (Lipinski definition) is 3. The van der Waals surface area contributed by atoms with Gasteiger partial charge in [-0.15, -0.1) is 0 Å². The molecule has 1 atom stereocenters. The van der Waals surface area contributed by atoms with Crippen molar-refractivity contribution in [2.45, 2.75) is 38.8 Å². The fraction of sp³-hybridized carbons (Fsp3) is 0.625. The molecule has 19 heavy (non-hydrogen) atoms. The summed E-state index contributed by atoms with van der Waals surface area (Å²) in [5.41, 5.74) is 8.55. The van der Waals surface area contributed by atoms with Gasteiger partial charge in [-0.05, 0) is 52.9 Å².